The molecule has 0 spiro atoms. The summed E-state index contributed by atoms with van der Waals surface area (Å²) in [5, 5.41) is 16.1. The molecule has 0 amide bonds. The van der Waals surface area contributed by atoms with Crippen LogP contribution >= 0.6 is 27.5 Å². The number of aryl methyl sites for hydroxylation is 1. The quantitative estimate of drug-likeness (QED) is 0.191. The van der Waals surface area contributed by atoms with Crippen LogP contribution in [0.1, 0.15) is 25.2 Å². The van der Waals surface area contributed by atoms with E-state index in [-0.39, 0.29) is 22.9 Å². The number of nitro groups is 1. The van der Waals surface area contributed by atoms with Crippen molar-refractivity contribution in [3.63, 3.8) is 0 Å². The summed E-state index contributed by atoms with van der Waals surface area (Å²) in [6.07, 6.45) is 0.0486. The molecule has 10 nitrogen and oxygen atoms in total. The van der Waals surface area contributed by atoms with Crippen molar-refractivity contribution >= 4 is 56.3 Å². The Bertz CT molecular complexity index is 1340. The summed E-state index contributed by atoms with van der Waals surface area (Å²) >= 11 is 9.38. The van der Waals surface area contributed by atoms with E-state index in [1.54, 1.807) is 32.0 Å². The first-order valence-corrected chi connectivity index (χ1v) is 10.8. The van der Waals surface area contributed by atoms with E-state index in [1.165, 1.54) is 19.2 Å². The first-order valence-electron chi connectivity index (χ1n) is 9.66. The fourth-order valence-corrected chi connectivity index (χ4v) is 3.54. The van der Waals surface area contributed by atoms with Crippen LogP contribution in [0.5, 0.6) is 5.75 Å². The minimum Gasteiger partial charge on any atom is -0.471 e. The van der Waals surface area contributed by atoms with Crippen LogP contribution in [-0.2, 0) is 9.53 Å². The third-order valence-corrected chi connectivity index (χ3v) is 5.17. The van der Waals surface area contributed by atoms with Crippen LogP contribution in [0.4, 0.5) is 5.69 Å². The SMILES string of the molecule is CCOC(=O)[C@H](C)Oc1c(C=Nn2c(C)nc3ccc(Br)cc3c2=O)cc(Cl)cc1[N+](=O)[O-]. The molecular weight excluding hydrogens is 520 g/mol. The lowest BCUT2D eigenvalue weighted by Crippen LogP contribution is -2.27. The van der Waals surface area contributed by atoms with Gasteiger partial charge in [-0.3, -0.25) is 14.9 Å². The summed E-state index contributed by atoms with van der Waals surface area (Å²) in [7, 11) is 0. The second-order valence-corrected chi connectivity index (χ2v) is 8.15. The monoisotopic (exact) mass is 536 g/mol. The van der Waals surface area contributed by atoms with Crippen LogP contribution < -0.4 is 10.3 Å². The van der Waals surface area contributed by atoms with Crippen molar-refractivity contribution in [3.05, 3.63) is 71.7 Å². The molecule has 0 radical (unpaired) electrons. The second kappa shape index (κ2) is 10.1. The number of esters is 1. The Hall–Kier alpha value is -3.31. The molecule has 0 saturated carbocycles. The van der Waals surface area contributed by atoms with Crippen LogP contribution in [0.15, 0.2) is 44.7 Å². The third kappa shape index (κ3) is 5.37. The van der Waals surface area contributed by atoms with Gasteiger partial charge in [-0.15, -0.1) is 0 Å². The van der Waals surface area contributed by atoms with Crippen LogP contribution in [0.2, 0.25) is 5.02 Å². The van der Waals surface area contributed by atoms with Crippen molar-refractivity contribution < 1.29 is 19.2 Å². The van der Waals surface area contributed by atoms with Gasteiger partial charge in [0.2, 0.25) is 5.75 Å². The molecule has 1 heterocycles. The van der Waals surface area contributed by atoms with E-state index in [0.29, 0.717) is 21.2 Å². The summed E-state index contributed by atoms with van der Waals surface area (Å²) in [6, 6.07) is 7.55. The van der Waals surface area contributed by atoms with Gasteiger partial charge in [0.15, 0.2) is 6.10 Å². The van der Waals surface area contributed by atoms with Crippen molar-refractivity contribution in [1.29, 1.82) is 0 Å². The molecule has 0 saturated heterocycles. The van der Waals surface area contributed by atoms with Crippen molar-refractivity contribution in [1.82, 2.24) is 9.66 Å². The number of rotatable bonds is 7. The zero-order valence-corrected chi connectivity index (χ0v) is 20.1. The number of benzene rings is 2. The predicted octanol–water partition coefficient (Wildman–Crippen LogP) is 4.24. The highest BCUT2D eigenvalue weighted by molar-refractivity contribution is 9.10. The van der Waals surface area contributed by atoms with E-state index in [4.69, 9.17) is 21.1 Å². The molecule has 0 aliphatic carbocycles. The summed E-state index contributed by atoms with van der Waals surface area (Å²) in [6.45, 7) is 4.75. The first-order chi connectivity index (χ1) is 15.6. The molecule has 1 atom stereocenters. The van der Waals surface area contributed by atoms with Gasteiger partial charge in [-0.25, -0.2) is 9.78 Å². The molecule has 3 rings (SSSR count). The van der Waals surface area contributed by atoms with Crippen molar-refractivity contribution in [2.75, 3.05) is 6.61 Å². The second-order valence-electron chi connectivity index (χ2n) is 6.79. The maximum absolute atomic E-state index is 13.0. The van der Waals surface area contributed by atoms with Gasteiger partial charge in [-0.2, -0.15) is 9.78 Å². The number of aromatic nitrogens is 2. The maximum atomic E-state index is 13.0. The Balaban J connectivity index is 2.12. The molecule has 172 valence electrons. The fraction of sp³-hybridized carbons (Fsp3) is 0.238. The number of ether oxygens (including phenoxy) is 2. The summed E-state index contributed by atoms with van der Waals surface area (Å²) < 4.78 is 12.2. The molecule has 0 fully saturated rings. The van der Waals surface area contributed by atoms with E-state index in [2.05, 4.69) is 26.0 Å². The maximum Gasteiger partial charge on any atom is 0.347 e. The average molecular weight is 538 g/mol. The summed E-state index contributed by atoms with van der Waals surface area (Å²) in [5.41, 5.74) is -0.317. The lowest BCUT2D eigenvalue weighted by atomic mass is 10.2. The number of nitrogens with zero attached hydrogens (tertiary/aromatic N) is 4. The first kappa shape index (κ1) is 24.3. The largest absolute Gasteiger partial charge is 0.471 e. The predicted molar refractivity (Wildman–Crippen MR) is 126 cm³/mol. The van der Waals surface area contributed by atoms with Gasteiger partial charge in [0, 0.05) is 21.1 Å². The zero-order valence-electron chi connectivity index (χ0n) is 17.7. The lowest BCUT2D eigenvalue weighted by molar-refractivity contribution is -0.386. The number of hydrogen-bond acceptors (Lipinski definition) is 8. The number of nitro benzene ring substituents is 1. The van der Waals surface area contributed by atoms with Gasteiger partial charge in [0.1, 0.15) is 5.82 Å². The number of carbonyl (C=O) groups is 1. The molecule has 1 aromatic heterocycles. The standard InChI is InChI=1S/C21H18BrClN4O6/c1-4-32-21(29)11(2)33-19-13(7-15(23)9-18(19)27(30)31)10-24-26-12(3)25-17-6-5-14(22)8-16(17)20(26)28/h5-11H,4H2,1-3H3/t11-/m0/s1. The molecule has 33 heavy (non-hydrogen) atoms. The molecule has 0 aliphatic rings. The molecule has 0 unspecified atom stereocenters. The Morgan fingerprint density at radius 1 is 1.39 bits per heavy atom. The van der Waals surface area contributed by atoms with E-state index in [0.717, 1.165) is 10.7 Å². The highest BCUT2D eigenvalue weighted by Gasteiger charge is 2.25. The highest BCUT2D eigenvalue weighted by Crippen LogP contribution is 2.34. The van der Waals surface area contributed by atoms with E-state index >= 15 is 0 Å². The third-order valence-electron chi connectivity index (χ3n) is 4.46. The lowest BCUT2D eigenvalue weighted by Gasteiger charge is -2.15. The van der Waals surface area contributed by atoms with Gasteiger partial charge in [-0.1, -0.05) is 27.5 Å². The fourth-order valence-electron chi connectivity index (χ4n) is 2.96. The summed E-state index contributed by atoms with van der Waals surface area (Å²) in [4.78, 5) is 40.2. The normalized spacial score (nSPS) is 12.2. The van der Waals surface area contributed by atoms with Crippen LogP contribution in [-0.4, -0.2) is 39.5 Å². The number of hydrogen-bond donors (Lipinski definition) is 0. The topological polar surface area (TPSA) is 126 Å². The van der Waals surface area contributed by atoms with E-state index < -0.39 is 28.2 Å². The minimum absolute atomic E-state index is 0.0453. The van der Waals surface area contributed by atoms with Crippen LogP contribution in [0.3, 0.4) is 0 Å². The van der Waals surface area contributed by atoms with Gasteiger partial charge in [0.05, 0.1) is 28.6 Å². The molecule has 0 bridgehead atoms. The smallest absolute Gasteiger partial charge is 0.347 e. The van der Waals surface area contributed by atoms with Crippen LogP contribution in [0.25, 0.3) is 10.9 Å². The number of carbonyl (C=O) groups excluding carboxylic acids is 1. The molecular formula is C21H18BrClN4O6. The number of halogens is 2. The van der Waals surface area contributed by atoms with Gasteiger partial charge < -0.3 is 9.47 Å². The highest BCUT2D eigenvalue weighted by atomic mass is 79.9. The zero-order chi connectivity index (χ0) is 24.3. The van der Waals surface area contributed by atoms with Crippen molar-refractivity contribution in [3.8, 4) is 5.75 Å². The minimum atomic E-state index is -1.14. The van der Waals surface area contributed by atoms with E-state index in [9.17, 15) is 19.7 Å². The average Bonchev–Trinajstić information content (AvgIpc) is 2.75. The Kier molecular flexibility index (Phi) is 7.44. The van der Waals surface area contributed by atoms with Gasteiger partial charge in [0.25, 0.3) is 5.56 Å². The molecule has 3 aromatic rings. The van der Waals surface area contributed by atoms with E-state index in [1.807, 2.05) is 0 Å². The van der Waals surface area contributed by atoms with Crippen molar-refractivity contribution in [2.45, 2.75) is 26.9 Å². The number of fused-ring (bicyclic) bond motifs is 1. The molecule has 0 N–H and O–H groups in total. The Morgan fingerprint density at radius 3 is 2.79 bits per heavy atom. The van der Waals surface area contributed by atoms with Crippen LogP contribution in [0, 0.1) is 17.0 Å². The molecule has 0 aliphatic heterocycles. The Labute approximate surface area is 201 Å². The molecule has 12 heteroatoms. The Morgan fingerprint density at radius 2 is 2.12 bits per heavy atom. The summed E-state index contributed by atoms with van der Waals surface area (Å²) in [5.74, 6) is -0.637. The van der Waals surface area contributed by atoms with Crippen molar-refractivity contribution in [2.24, 2.45) is 5.10 Å². The van der Waals surface area contributed by atoms with Gasteiger partial charge in [-0.05, 0) is 45.0 Å². The molecule has 2 aromatic carbocycles. The van der Waals surface area contributed by atoms with Gasteiger partial charge >= 0.3 is 11.7 Å².